The SMILES string of the molecule is N/C(=N/O)c1cc(Cl)ccc1Oc1cccc(Br)c1. The Hall–Kier alpha value is -1.72. The Morgan fingerprint density at radius 3 is 2.74 bits per heavy atom. The molecule has 6 heteroatoms. The van der Waals surface area contributed by atoms with Gasteiger partial charge in [0.25, 0.3) is 0 Å². The van der Waals surface area contributed by atoms with Gasteiger partial charge in [0.05, 0.1) is 5.56 Å². The second-order valence-electron chi connectivity index (χ2n) is 3.69. The summed E-state index contributed by atoms with van der Waals surface area (Å²) < 4.78 is 6.60. The van der Waals surface area contributed by atoms with Gasteiger partial charge in [-0.15, -0.1) is 0 Å². The summed E-state index contributed by atoms with van der Waals surface area (Å²) in [4.78, 5) is 0. The van der Waals surface area contributed by atoms with Crippen LogP contribution in [-0.2, 0) is 0 Å². The van der Waals surface area contributed by atoms with Crippen molar-refractivity contribution in [2.45, 2.75) is 0 Å². The lowest BCUT2D eigenvalue weighted by Crippen LogP contribution is -2.14. The van der Waals surface area contributed by atoms with Crippen molar-refractivity contribution in [1.29, 1.82) is 0 Å². The van der Waals surface area contributed by atoms with Crippen LogP contribution in [0.5, 0.6) is 11.5 Å². The number of hydrogen-bond donors (Lipinski definition) is 2. The normalized spacial score (nSPS) is 11.4. The van der Waals surface area contributed by atoms with E-state index in [1.54, 1.807) is 24.3 Å². The molecule has 2 aromatic carbocycles. The molecule has 0 amide bonds. The van der Waals surface area contributed by atoms with Crippen molar-refractivity contribution in [2.24, 2.45) is 10.9 Å². The van der Waals surface area contributed by atoms with E-state index in [9.17, 15) is 0 Å². The first-order chi connectivity index (χ1) is 9.10. The second-order valence-corrected chi connectivity index (χ2v) is 5.04. The van der Waals surface area contributed by atoms with Gasteiger partial charge in [-0.2, -0.15) is 0 Å². The summed E-state index contributed by atoms with van der Waals surface area (Å²) in [6.07, 6.45) is 0. The second kappa shape index (κ2) is 5.95. The molecule has 4 nitrogen and oxygen atoms in total. The Bertz CT molecular complexity index is 632. The molecule has 0 fully saturated rings. The van der Waals surface area contributed by atoms with Crippen LogP contribution in [0.15, 0.2) is 52.1 Å². The minimum atomic E-state index is -0.0625. The van der Waals surface area contributed by atoms with Gasteiger partial charge in [0.2, 0.25) is 0 Å². The number of rotatable bonds is 3. The lowest BCUT2D eigenvalue weighted by atomic mass is 10.2. The summed E-state index contributed by atoms with van der Waals surface area (Å²) in [6.45, 7) is 0. The minimum Gasteiger partial charge on any atom is -0.457 e. The van der Waals surface area contributed by atoms with Crippen LogP contribution in [0.25, 0.3) is 0 Å². The lowest BCUT2D eigenvalue weighted by molar-refractivity contribution is 0.318. The highest BCUT2D eigenvalue weighted by Crippen LogP contribution is 2.29. The fourth-order valence-corrected chi connectivity index (χ4v) is 2.05. The largest absolute Gasteiger partial charge is 0.457 e. The van der Waals surface area contributed by atoms with Crippen molar-refractivity contribution < 1.29 is 9.94 Å². The molecule has 0 radical (unpaired) electrons. The zero-order chi connectivity index (χ0) is 13.8. The Labute approximate surface area is 123 Å². The molecule has 98 valence electrons. The number of amidine groups is 1. The fraction of sp³-hybridized carbons (Fsp3) is 0. The number of oxime groups is 1. The maximum absolute atomic E-state index is 8.77. The van der Waals surface area contributed by atoms with Crippen LogP contribution < -0.4 is 10.5 Å². The molecular weight excluding hydrogens is 332 g/mol. The van der Waals surface area contributed by atoms with Crippen LogP contribution in [0.1, 0.15) is 5.56 Å². The van der Waals surface area contributed by atoms with E-state index in [2.05, 4.69) is 21.1 Å². The predicted octanol–water partition coefficient (Wildman–Crippen LogP) is 3.99. The van der Waals surface area contributed by atoms with E-state index < -0.39 is 0 Å². The summed E-state index contributed by atoms with van der Waals surface area (Å²) in [5.41, 5.74) is 6.03. The monoisotopic (exact) mass is 340 g/mol. The summed E-state index contributed by atoms with van der Waals surface area (Å²) in [5, 5.41) is 12.2. The van der Waals surface area contributed by atoms with E-state index in [0.29, 0.717) is 22.1 Å². The van der Waals surface area contributed by atoms with E-state index in [-0.39, 0.29) is 5.84 Å². The van der Waals surface area contributed by atoms with Gasteiger partial charge in [-0.3, -0.25) is 0 Å². The standard InChI is InChI=1S/C13H10BrClN2O2/c14-8-2-1-3-10(6-8)19-12-5-4-9(15)7-11(12)13(16)17-18/h1-7,18H,(H2,16,17). The number of nitrogens with two attached hydrogens (primary N) is 1. The molecular formula is C13H10BrClN2O2. The van der Waals surface area contributed by atoms with Crippen molar-refractivity contribution in [3.8, 4) is 11.5 Å². The van der Waals surface area contributed by atoms with Gasteiger partial charge in [-0.25, -0.2) is 0 Å². The molecule has 0 saturated heterocycles. The zero-order valence-corrected chi connectivity index (χ0v) is 12.0. The van der Waals surface area contributed by atoms with Crippen molar-refractivity contribution >= 4 is 33.4 Å². The van der Waals surface area contributed by atoms with Gasteiger partial charge in [0, 0.05) is 9.50 Å². The quantitative estimate of drug-likeness (QED) is 0.384. The van der Waals surface area contributed by atoms with Crippen LogP contribution >= 0.6 is 27.5 Å². The summed E-state index contributed by atoms with van der Waals surface area (Å²) in [6, 6.07) is 12.3. The first kappa shape index (κ1) is 13.7. The van der Waals surface area contributed by atoms with Gasteiger partial charge in [-0.05, 0) is 36.4 Å². The van der Waals surface area contributed by atoms with Gasteiger partial charge < -0.3 is 15.7 Å². The third-order valence-electron chi connectivity index (χ3n) is 2.35. The maximum atomic E-state index is 8.77. The van der Waals surface area contributed by atoms with Crippen LogP contribution in [-0.4, -0.2) is 11.0 Å². The summed E-state index contributed by atoms with van der Waals surface area (Å²) >= 11 is 9.25. The molecule has 0 aliphatic heterocycles. The molecule has 0 spiro atoms. The van der Waals surface area contributed by atoms with Gasteiger partial charge in [0.15, 0.2) is 5.84 Å². The van der Waals surface area contributed by atoms with Gasteiger partial charge >= 0.3 is 0 Å². The molecule has 0 aromatic heterocycles. The molecule has 0 heterocycles. The predicted molar refractivity (Wildman–Crippen MR) is 78.2 cm³/mol. The Kier molecular flexibility index (Phi) is 4.29. The smallest absolute Gasteiger partial charge is 0.173 e. The van der Waals surface area contributed by atoms with E-state index in [4.69, 9.17) is 27.3 Å². The molecule has 19 heavy (non-hydrogen) atoms. The molecule has 0 atom stereocenters. The fourth-order valence-electron chi connectivity index (χ4n) is 1.50. The van der Waals surface area contributed by atoms with Crippen molar-refractivity contribution in [3.63, 3.8) is 0 Å². The van der Waals surface area contributed by atoms with Crippen molar-refractivity contribution in [1.82, 2.24) is 0 Å². The summed E-state index contributed by atoms with van der Waals surface area (Å²) in [5.74, 6) is 1.02. The van der Waals surface area contributed by atoms with Crippen LogP contribution in [0.4, 0.5) is 0 Å². The van der Waals surface area contributed by atoms with Gasteiger partial charge in [-0.1, -0.05) is 38.8 Å². The first-order valence-corrected chi connectivity index (χ1v) is 6.48. The summed E-state index contributed by atoms with van der Waals surface area (Å²) in [7, 11) is 0. The van der Waals surface area contributed by atoms with E-state index >= 15 is 0 Å². The number of ether oxygens (including phenoxy) is 1. The average Bonchev–Trinajstić information content (AvgIpc) is 2.40. The Morgan fingerprint density at radius 2 is 2.05 bits per heavy atom. The zero-order valence-electron chi connectivity index (χ0n) is 9.68. The number of nitrogens with zero attached hydrogens (tertiary/aromatic N) is 1. The van der Waals surface area contributed by atoms with E-state index in [0.717, 1.165) is 4.47 Å². The van der Waals surface area contributed by atoms with Crippen molar-refractivity contribution in [3.05, 3.63) is 57.5 Å². The molecule has 0 saturated carbocycles. The molecule has 0 bridgehead atoms. The Morgan fingerprint density at radius 1 is 1.26 bits per heavy atom. The Balaban J connectivity index is 2.40. The van der Waals surface area contributed by atoms with E-state index in [1.165, 1.54) is 0 Å². The van der Waals surface area contributed by atoms with Crippen molar-refractivity contribution in [2.75, 3.05) is 0 Å². The van der Waals surface area contributed by atoms with Crippen LogP contribution in [0, 0.1) is 0 Å². The molecule has 0 unspecified atom stereocenters. The highest BCUT2D eigenvalue weighted by Gasteiger charge is 2.10. The van der Waals surface area contributed by atoms with Crippen LogP contribution in [0.3, 0.4) is 0 Å². The number of benzene rings is 2. The molecule has 2 aromatic rings. The molecule has 0 aliphatic carbocycles. The topological polar surface area (TPSA) is 67.8 Å². The highest BCUT2D eigenvalue weighted by atomic mass is 79.9. The highest BCUT2D eigenvalue weighted by molar-refractivity contribution is 9.10. The maximum Gasteiger partial charge on any atom is 0.173 e. The average molecular weight is 342 g/mol. The minimum absolute atomic E-state index is 0.0625. The first-order valence-electron chi connectivity index (χ1n) is 5.31. The molecule has 2 rings (SSSR count). The molecule has 3 N–H and O–H groups in total. The lowest BCUT2D eigenvalue weighted by Gasteiger charge is -2.10. The van der Waals surface area contributed by atoms with Crippen LogP contribution in [0.2, 0.25) is 5.02 Å². The third-order valence-corrected chi connectivity index (χ3v) is 3.08. The van der Waals surface area contributed by atoms with Gasteiger partial charge in [0.1, 0.15) is 11.5 Å². The molecule has 0 aliphatic rings. The van der Waals surface area contributed by atoms with E-state index in [1.807, 2.05) is 18.2 Å². The number of hydrogen-bond acceptors (Lipinski definition) is 3. The third kappa shape index (κ3) is 3.39. The number of halogens is 2.